The third-order valence-corrected chi connectivity index (χ3v) is 3.21. The Kier molecular flexibility index (Phi) is 3.39. The summed E-state index contributed by atoms with van der Waals surface area (Å²) in [5.74, 6) is 0. The molecule has 0 atom stereocenters. The van der Waals surface area contributed by atoms with E-state index in [1.165, 1.54) is 28.7 Å². The largest absolute Gasteiger partial charge is 0.358 e. The van der Waals surface area contributed by atoms with Gasteiger partial charge in [-0.1, -0.05) is 18.1 Å². The first-order valence-corrected chi connectivity index (χ1v) is 4.49. The summed E-state index contributed by atoms with van der Waals surface area (Å²) in [7, 11) is 0. The van der Waals surface area contributed by atoms with Crippen LogP contribution in [0.4, 0.5) is 0 Å². The average molecular weight is 259 g/mol. The van der Waals surface area contributed by atoms with Crippen LogP contribution in [0, 0.1) is 27.4 Å². The third kappa shape index (κ3) is 1.44. The molecule has 1 heteroatoms. The Morgan fingerprint density at radius 3 is 2.43 bits per heavy atom. The van der Waals surface area contributed by atoms with Gasteiger partial charge in [0.1, 0.15) is 0 Å². The predicted molar refractivity (Wildman–Crippen MR) is 56.5 cm³/mol. The van der Waals surface area contributed by atoms with Crippen molar-refractivity contribution < 1.29 is 32.7 Å². The van der Waals surface area contributed by atoms with Crippen molar-refractivity contribution in [3.05, 3.63) is 46.9 Å². The molecular formula is C13H14Y-2. The molecule has 0 fully saturated rings. The van der Waals surface area contributed by atoms with E-state index in [0.717, 1.165) is 6.42 Å². The molecule has 0 saturated carbocycles. The van der Waals surface area contributed by atoms with Crippen LogP contribution in [0.1, 0.15) is 33.4 Å². The minimum absolute atomic E-state index is 0. The molecule has 0 amide bonds. The third-order valence-electron chi connectivity index (χ3n) is 3.21. The van der Waals surface area contributed by atoms with E-state index in [1.54, 1.807) is 11.1 Å². The van der Waals surface area contributed by atoms with Crippen LogP contribution in [0.15, 0.2) is 0 Å². The van der Waals surface area contributed by atoms with Crippen LogP contribution in [-0.2, 0) is 45.6 Å². The number of fused-ring (bicyclic) bond motifs is 2. The molecular weight excluding hydrogens is 245 g/mol. The molecule has 2 aliphatic carbocycles. The molecule has 0 spiro atoms. The number of rotatable bonds is 0. The summed E-state index contributed by atoms with van der Waals surface area (Å²) in [6.45, 7) is 4.50. The zero-order chi connectivity index (χ0) is 8.29. The van der Waals surface area contributed by atoms with Crippen molar-refractivity contribution in [1.82, 2.24) is 0 Å². The number of benzene rings is 1. The van der Waals surface area contributed by atoms with Gasteiger partial charge in [0.25, 0.3) is 0 Å². The van der Waals surface area contributed by atoms with Crippen LogP contribution in [0.2, 0.25) is 0 Å². The summed E-state index contributed by atoms with van der Waals surface area (Å²) >= 11 is 0. The molecule has 0 aliphatic heterocycles. The maximum atomic E-state index is 3.30. The molecule has 1 aromatic rings. The van der Waals surface area contributed by atoms with Gasteiger partial charge in [-0.25, -0.2) is 6.08 Å². The molecule has 1 radical (unpaired) electrons. The molecule has 3 rings (SSSR count). The Bertz CT molecular complexity index is 414. The molecule has 71 valence electrons. The predicted octanol–water partition coefficient (Wildman–Crippen LogP) is 3.03. The molecule has 0 bridgehead atoms. The quantitative estimate of drug-likeness (QED) is 0.638. The molecule has 0 saturated heterocycles. The van der Waals surface area contributed by atoms with Crippen molar-refractivity contribution in [2.24, 2.45) is 0 Å². The number of allylic oxidation sites excluding steroid dienone is 1. The smallest absolute Gasteiger partial charge is 0 e. The fourth-order valence-corrected chi connectivity index (χ4v) is 2.30. The normalized spacial score (nSPS) is 13.9. The van der Waals surface area contributed by atoms with E-state index in [-0.39, 0.29) is 40.1 Å². The second kappa shape index (κ2) is 3.91. The van der Waals surface area contributed by atoms with Gasteiger partial charge >= 0.3 is 0 Å². The molecule has 1 aromatic carbocycles. The molecule has 2 aliphatic rings. The Hall–Kier alpha value is 0.0639. The van der Waals surface area contributed by atoms with Gasteiger partial charge in [0.15, 0.2) is 0 Å². The van der Waals surface area contributed by atoms with E-state index in [2.05, 4.69) is 26.0 Å². The van der Waals surface area contributed by atoms with Gasteiger partial charge in [-0.15, -0.1) is 17.5 Å². The van der Waals surface area contributed by atoms with Gasteiger partial charge in [0.2, 0.25) is 0 Å². The molecule has 0 unspecified atom stereocenters. The summed E-state index contributed by atoms with van der Waals surface area (Å²) < 4.78 is 0. The van der Waals surface area contributed by atoms with E-state index in [9.17, 15) is 0 Å². The first kappa shape index (κ1) is 12.1. The van der Waals surface area contributed by atoms with E-state index in [0.29, 0.717) is 0 Å². The van der Waals surface area contributed by atoms with Crippen LogP contribution in [0.5, 0.6) is 0 Å². The first-order chi connectivity index (χ1) is 5.79. The number of hydrogen-bond acceptors (Lipinski definition) is 0. The molecule has 14 heavy (non-hydrogen) atoms. The van der Waals surface area contributed by atoms with E-state index >= 15 is 0 Å². The monoisotopic (exact) mass is 259 g/mol. The van der Waals surface area contributed by atoms with Gasteiger partial charge in [-0.2, -0.15) is 5.56 Å². The van der Waals surface area contributed by atoms with Crippen LogP contribution in [0.3, 0.4) is 0 Å². The second-order valence-electron chi connectivity index (χ2n) is 3.80. The van der Waals surface area contributed by atoms with Gasteiger partial charge in [-0.05, 0) is 18.9 Å². The minimum atomic E-state index is 0. The zero-order valence-electron chi connectivity index (χ0n) is 9.07. The maximum Gasteiger partial charge on any atom is 0 e. The van der Waals surface area contributed by atoms with Crippen LogP contribution < -0.4 is 0 Å². The van der Waals surface area contributed by atoms with Crippen molar-refractivity contribution in [3.63, 3.8) is 0 Å². The molecule has 0 heterocycles. The van der Waals surface area contributed by atoms with Gasteiger partial charge in [0, 0.05) is 32.7 Å². The maximum absolute atomic E-state index is 3.30. The Balaban J connectivity index is 0.000000490. The summed E-state index contributed by atoms with van der Waals surface area (Å²) in [6.07, 6.45) is 7.75. The summed E-state index contributed by atoms with van der Waals surface area (Å²) in [5.41, 5.74) is 9.25. The van der Waals surface area contributed by atoms with E-state index in [4.69, 9.17) is 0 Å². The van der Waals surface area contributed by atoms with Crippen molar-refractivity contribution in [2.75, 3.05) is 0 Å². The summed E-state index contributed by atoms with van der Waals surface area (Å²) in [5, 5.41) is 0. The van der Waals surface area contributed by atoms with Crippen molar-refractivity contribution >= 4 is 6.08 Å². The van der Waals surface area contributed by atoms with E-state index in [1.807, 2.05) is 0 Å². The van der Waals surface area contributed by atoms with Gasteiger partial charge < -0.3 is 7.43 Å². The number of hydrogen-bond donors (Lipinski definition) is 0. The Morgan fingerprint density at radius 1 is 1.07 bits per heavy atom. The minimum Gasteiger partial charge on any atom is -0.358 e. The van der Waals surface area contributed by atoms with Gasteiger partial charge in [-0.3, -0.25) is 6.08 Å². The van der Waals surface area contributed by atoms with Gasteiger partial charge in [0.05, 0.1) is 0 Å². The topological polar surface area (TPSA) is 0 Å². The van der Waals surface area contributed by atoms with Crippen LogP contribution >= 0.6 is 0 Å². The summed E-state index contributed by atoms with van der Waals surface area (Å²) in [4.78, 5) is 0. The fourth-order valence-electron chi connectivity index (χ4n) is 2.30. The summed E-state index contributed by atoms with van der Waals surface area (Å²) in [6, 6.07) is 0. The zero-order valence-corrected chi connectivity index (χ0v) is 11.9. The van der Waals surface area contributed by atoms with Crippen molar-refractivity contribution in [3.8, 4) is 0 Å². The molecule has 0 N–H and O–H groups in total. The van der Waals surface area contributed by atoms with Crippen LogP contribution in [-0.4, -0.2) is 0 Å². The average Bonchev–Trinajstić information content (AvgIpc) is 2.71. The van der Waals surface area contributed by atoms with Crippen molar-refractivity contribution in [2.45, 2.75) is 26.7 Å². The Morgan fingerprint density at radius 2 is 1.71 bits per heavy atom. The van der Waals surface area contributed by atoms with Crippen LogP contribution in [0.25, 0.3) is 6.08 Å². The Labute approximate surface area is 112 Å². The molecule has 0 aromatic heterocycles. The molecule has 0 nitrogen and oxygen atoms in total. The van der Waals surface area contributed by atoms with Crippen molar-refractivity contribution in [1.29, 1.82) is 0 Å². The second-order valence-corrected chi connectivity index (χ2v) is 3.80. The first-order valence-electron chi connectivity index (χ1n) is 4.49. The standard InChI is InChI=1S/C12H11.CH3.Y/c1-7-9-4-3-5-10(9)8(2)12-6-11(7)12;;/h4H,5-6H2,1-2H3;1H3;/q2*-1;. The van der Waals surface area contributed by atoms with E-state index < -0.39 is 0 Å². The SMILES string of the molecule is Cc1c2c(c(C)c3c1C3)C[C-]=C2.[CH3-].[Y]. The fraction of sp³-hybridized carbons (Fsp3) is 0.308.